The fraction of sp³-hybridized carbons (Fsp3) is 0.667. The molecule has 3 rings (SSSR count). The summed E-state index contributed by atoms with van der Waals surface area (Å²) in [7, 11) is 1.80. The number of nitrogens with one attached hydrogen (secondary N) is 2. The summed E-state index contributed by atoms with van der Waals surface area (Å²) in [5.74, 6) is 0.990. The van der Waals surface area contributed by atoms with Gasteiger partial charge in [-0.2, -0.15) is 0 Å². The van der Waals surface area contributed by atoms with Crippen LogP contribution in [0.1, 0.15) is 33.1 Å². The Morgan fingerprint density at radius 1 is 1.28 bits per heavy atom. The van der Waals surface area contributed by atoms with E-state index in [0.717, 1.165) is 38.0 Å². The molecule has 1 aromatic carbocycles. The maximum atomic E-state index is 12.7. The summed E-state index contributed by atoms with van der Waals surface area (Å²) in [4.78, 5) is 14.8. The highest BCUT2D eigenvalue weighted by Gasteiger charge is 2.43. The molecule has 1 saturated heterocycles. The maximum absolute atomic E-state index is 12.7. The molecule has 1 amide bonds. The predicted molar refractivity (Wildman–Crippen MR) is 106 cm³/mol. The third-order valence-electron chi connectivity index (χ3n) is 5.97. The van der Waals surface area contributed by atoms with Gasteiger partial charge in [0, 0.05) is 36.8 Å². The van der Waals surface area contributed by atoms with Crippen LogP contribution < -0.4 is 20.3 Å². The van der Waals surface area contributed by atoms with Crippen LogP contribution in [0.2, 0.25) is 0 Å². The second-order valence-electron chi connectivity index (χ2n) is 8.54. The molecule has 2 N–H and O–H groups in total. The average molecular weight is 413 g/mol. The van der Waals surface area contributed by atoms with E-state index in [1.54, 1.807) is 19.2 Å². The fourth-order valence-electron chi connectivity index (χ4n) is 4.64. The van der Waals surface area contributed by atoms with Crippen molar-refractivity contribution in [1.82, 2.24) is 10.6 Å². The van der Waals surface area contributed by atoms with Crippen LogP contribution in [0.15, 0.2) is 24.3 Å². The molecule has 1 heterocycles. The smallest absolute Gasteiger partial charge is 0.406 e. The molecule has 4 atom stereocenters. The monoisotopic (exact) mass is 413 g/mol. The zero-order chi connectivity index (χ0) is 21.2. The maximum Gasteiger partial charge on any atom is 0.573 e. The molecule has 0 unspecified atom stereocenters. The lowest BCUT2D eigenvalue weighted by Crippen LogP contribution is -2.49. The van der Waals surface area contributed by atoms with Crippen molar-refractivity contribution in [2.24, 2.45) is 17.8 Å². The van der Waals surface area contributed by atoms with Crippen molar-refractivity contribution in [2.75, 3.05) is 25.0 Å². The molecular weight excluding hydrogens is 383 g/mol. The molecule has 162 valence electrons. The van der Waals surface area contributed by atoms with Crippen molar-refractivity contribution in [3.8, 4) is 5.75 Å². The Balaban J connectivity index is 1.62. The summed E-state index contributed by atoms with van der Waals surface area (Å²) in [5.41, 5.74) is 0.721. The highest BCUT2D eigenvalue weighted by atomic mass is 19.4. The third-order valence-corrected chi connectivity index (χ3v) is 5.97. The number of likely N-dealkylation sites (N-methyl/N-ethyl adjacent to an activating group) is 1. The van der Waals surface area contributed by atoms with E-state index < -0.39 is 6.36 Å². The molecule has 5 nitrogen and oxygen atoms in total. The van der Waals surface area contributed by atoms with Crippen LogP contribution >= 0.6 is 0 Å². The zero-order valence-corrected chi connectivity index (χ0v) is 17.1. The number of hydrogen-bond acceptors (Lipinski definition) is 4. The van der Waals surface area contributed by atoms with Gasteiger partial charge in [0.15, 0.2) is 0 Å². The van der Waals surface area contributed by atoms with Gasteiger partial charge in [-0.05, 0) is 50.3 Å². The zero-order valence-electron chi connectivity index (χ0n) is 17.1. The summed E-state index contributed by atoms with van der Waals surface area (Å²) in [6.07, 6.45) is -1.96. The largest absolute Gasteiger partial charge is 0.573 e. The fourth-order valence-corrected chi connectivity index (χ4v) is 4.64. The second-order valence-corrected chi connectivity index (χ2v) is 8.54. The van der Waals surface area contributed by atoms with Crippen LogP contribution in [0, 0.1) is 17.8 Å². The van der Waals surface area contributed by atoms with Crippen molar-refractivity contribution in [3.05, 3.63) is 24.3 Å². The minimum Gasteiger partial charge on any atom is -0.406 e. The highest BCUT2D eigenvalue weighted by molar-refractivity contribution is 5.82. The Morgan fingerprint density at radius 3 is 2.69 bits per heavy atom. The van der Waals surface area contributed by atoms with E-state index in [-0.39, 0.29) is 23.7 Å². The number of nitrogens with zero attached hydrogens (tertiary/aromatic N) is 1. The molecule has 8 heteroatoms. The molecule has 1 saturated carbocycles. The number of amides is 1. The summed E-state index contributed by atoms with van der Waals surface area (Å²) in [6.45, 7) is 5.69. The van der Waals surface area contributed by atoms with Gasteiger partial charge in [-0.15, -0.1) is 13.2 Å². The number of carbonyl (C=O) groups is 1. The van der Waals surface area contributed by atoms with E-state index in [2.05, 4.69) is 34.1 Å². The Hall–Kier alpha value is -1.96. The van der Waals surface area contributed by atoms with Gasteiger partial charge in [-0.1, -0.05) is 19.9 Å². The van der Waals surface area contributed by atoms with Crippen LogP contribution in [-0.2, 0) is 4.79 Å². The van der Waals surface area contributed by atoms with Crippen LogP contribution in [0.25, 0.3) is 0 Å². The van der Waals surface area contributed by atoms with Crippen LogP contribution in [-0.4, -0.2) is 44.5 Å². The first-order chi connectivity index (χ1) is 13.7. The van der Waals surface area contributed by atoms with Gasteiger partial charge in [0.1, 0.15) is 5.75 Å². The Labute approximate surface area is 170 Å². The van der Waals surface area contributed by atoms with Gasteiger partial charge in [-0.3, -0.25) is 4.79 Å². The number of anilines is 1. The van der Waals surface area contributed by atoms with Crippen LogP contribution in [0.3, 0.4) is 0 Å². The van der Waals surface area contributed by atoms with Crippen molar-refractivity contribution in [2.45, 2.75) is 51.6 Å². The second kappa shape index (κ2) is 8.81. The van der Waals surface area contributed by atoms with Crippen LogP contribution in [0.4, 0.5) is 18.9 Å². The quantitative estimate of drug-likeness (QED) is 0.718. The molecule has 1 aliphatic carbocycles. The summed E-state index contributed by atoms with van der Waals surface area (Å²) >= 11 is 0. The molecular formula is C21H30F3N3O2. The number of benzene rings is 1. The summed E-state index contributed by atoms with van der Waals surface area (Å²) in [5, 5.41) is 6.32. The number of fused-ring (bicyclic) bond motifs is 1. The molecule has 0 radical (unpaired) electrons. The molecule has 29 heavy (non-hydrogen) atoms. The van der Waals surface area contributed by atoms with E-state index in [1.807, 2.05) is 0 Å². The third kappa shape index (κ3) is 5.56. The predicted octanol–water partition coefficient (Wildman–Crippen LogP) is 3.55. The van der Waals surface area contributed by atoms with E-state index in [1.165, 1.54) is 12.1 Å². The number of ether oxygens (including phenoxy) is 1. The average Bonchev–Trinajstić information content (AvgIpc) is 3.20. The summed E-state index contributed by atoms with van der Waals surface area (Å²) in [6, 6.07) is 6.02. The van der Waals surface area contributed by atoms with Crippen molar-refractivity contribution >= 4 is 11.6 Å². The normalized spacial score (nSPS) is 25.2. The van der Waals surface area contributed by atoms with Crippen LogP contribution in [0.5, 0.6) is 5.75 Å². The van der Waals surface area contributed by atoms with Gasteiger partial charge < -0.3 is 20.3 Å². The molecule has 0 spiro atoms. The molecule has 1 aliphatic heterocycles. The molecule has 2 fully saturated rings. The van der Waals surface area contributed by atoms with Gasteiger partial charge in [0.05, 0.1) is 6.04 Å². The van der Waals surface area contributed by atoms with Gasteiger partial charge >= 0.3 is 6.36 Å². The number of halogens is 3. The lowest BCUT2D eigenvalue weighted by atomic mass is 9.97. The Bertz CT molecular complexity index is 711. The Kier molecular flexibility index (Phi) is 6.61. The van der Waals surface area contributed by atoms with Gasteiger partial charge in [0.2, 0.25) is 5.91 Å². The van der Waals surface area contributed by atoms with E-state index >= 15 is 0 Å². The van der Waals surface area contributed by atoms with Crippen molar-refractivity contribution in [1.29, 1.82) is 0 Å². The first-order valence-corrected chi connectivity index (χ1v) is 10.2. The van der Waals surface area contributed by atoms with E-state index in [9.17, 15) is 18.0 Å². The van der Waals surface area contributed by atoms with Crippen molar-refractivity contribution < 1.29 is 22.7 Å². The van der Waals surface area contributed by atoms with E-state index in [0.29, 0.717) is 17.8 Å². The van der Waals surface area contributed by atoms with E-state index in [4.69, 9.17) is 0 Å². The minimum absolute atomic E-state index is 0.0332. The summed E-state index contributed by atoms with van der Waals surface area (Å²) < 4.78 is 41.6. The highest BCUT2D eigenvalue weighted by Crippen LogP contribution is 2.40. The van der Waals surface area contributed by atoms with Gasteiger partial charge in [-0.25, -0.2) is 0 Å². The van der Waals surface area contributed by atoms with Gasteiger partial charge in [0.25, 0.3) is 0 Å². The molecule has 0 bridgehead atoms. The molecule has 2 aliphatic rings. The van der Waals surface area contributed by atoms with Crippen molar-refractivity contribution in [3.63, 3.8) is 0 Å². The number of hydrogen-bond donors (Lipinski definition) is 2. The number of alkyl halides is 3. The topological polar surface area (TPSA) is 53.6 Å². The number of carbonyl (C=O) groups excluding carboxylic acids is 1. The lowest BCUT2D eigenvalue weighted by Gasteiger charge is -2.26. The minimum atomic E-state index is -4.70. The number of rotatable bonds is 7. The first-order valence-electron chi connectivity index (χ1n) is 10.2. The molecule has 1 aromatic rings. The Morgan fingerprint density at radius 2 is 2.03 bits per heavy atom. The first kappa shape index (κ1) is 21.7. The SMILES string of the molecule is CN[C@@H](CC(C)C)C(=O)N[C@H]1CC[C@@H]2CN(c3cccc(OC(F)(F)F)c3)C[C@@H]21. The lowest BCUT2D eigenvalue weighted by molar-refractivity contribution is -0.274. The standard InChI is InChI=1S/C21H30F3N3O2/c1-13(2)9-19(25-3)20(28)26-18-8-7-14-11-27(12-17(14)18)15-5-4-6-16(10-15)29-21(22,23)24/h4-6,10,13-14,17-19,25H,7-9,11-12H2,1-3H3,(H,26,28)/t14-,17+,18+,19+/m1/s1. The molecule has 0 aromatic heterocycles.